The number of rotatable bonds is 6. The van der Waals surface area contributed by atoms with Crippen molar-refractivity contribution >= 4 is 10.0 Å². The molecule has 0 radical (unpaired) electrons. The molecule has 0 aliphatic heterocycles. The Morgan fingerprint density at radius 1 is 1.04 bits per heavy atom. The highest BCUT2D eigenvalue weighted by molar-refractivity contribution is 7.89. The highest BCUT2D eigenvalue weighted by atomic mass is 32.2. The molecule has 0 fully saturated rings. The molecule has 2 aromatic carbocycles. The predicted octanol–water partition coefficient (Wildman–Crippen LogP) is 3.32. The normalized spacial score (nSPS) is 11.7. The number of benzene rings is 2. The number of hydrogen-bond acceptors (Lipinski definition) is 4. The average molecular weight is 385 g/mol. The molecule has 0 amide bonds. The molecule has 142 valence electrons. The highest BCUT2D eigenvalue weighted by Gasteiger charge is 2.24. The van der Waals surface area contributed by atoms with E-state index in [2.05, 4.69) is 5.10 Å². The Morgan fingerprint density at radius 2 is 1.67 bits per heavy atom. The van der Waals surface area contributed by atoms with Crippen molar-refractivity contribution in [2.45, 2.75) is 25.3 Å². The van der Waals surface area contributed by atoms with Crippen molar-refractivity contribution in [3.05, 3.63) is 71.5 Å². The van der Waals surface area contributed by atoms with Gasteiger partial charge in [-0.3, -0.25) is 0 Å². The monoisotopic (exact) mass is 385 g/mol. The summed E-state index contributed by atoms with van der Waals surface area (Å²) in [6.45, 7) is 4.10. The van der Waals surface area contributed by atoms with E-state index in [9.17, 15) is 8.42 Å². The zero-order valence-electron chi connectivity index (χ0n) is 15.9. The Labute approximate surface area is 160 Å². The fourth-order valence-electron chi connectivity index (χ4n) is 2.96. The largest absolute Gasteiger partial charge is 0.497 e. The first-order valence-corrected chi connectivity index (χ1v) is 9.99. The zero-order chi connectivity index (χ0) is 19.6. The van der Waals surface area contributed by atoms with E-state index in [1.165, 1.54) is 4.31 Å². The van der Waals surface area contributed by atoms with E-state index in [0.29, 0.717) is 5.75 Å². The molecular formula is C20H23N3O3S. The van der Waals surface area contributed by atoms with Crippen LogP contribution in [0.5, 0.6) is 5.75 Å². The number of hydrogen-bond donors (Lipinski definition) is 0. The van der Waals surface area contributed by atoms with E-state index in [1.807, 2.05) is 48.9 Å². The van der Waals surface area contributed by atoms with Crippen molar-refractivity contribution in [3.8, 4) is 11.4 Å². The molecule has 0 spiro atoms. The summed E-state index contributed by atoms with van der Waals surface area (Å²) in [6, 6.07) is 16.2. The second kappa shape index (κ2) is 7.54. The van der Waals surface area contributed by atoms with E-state index < -0.39 is 10.0 Å². The molecule has 0 atom stereocenters. The Bertz CT molecular complexity index is 1030. The molecule has 3 rings (SSSR count). The third kappa shape index (κ3) is 3.74. The minimum atomic E-state index is -3.61. The van der Waals surface area contributed by atoms with Crippen molar-refractivity contribution in [3.63, 3.8) is 0 Å². The molecule has 6 nitrogen and oxygen atoms in total. The van der Waals surface area contributed by atoms with Crippen LogP contribution in [-0.4, -0.2) is 36.7 Å². The van der Waals surface area contributed by atoms with Gasteiger partial charge in [0.1, 0.15) is 5.75 Å². The van der Waals surface area contributed by atoms with Crippen molar-refractivity contribution in [2.75, 3.05) is 14.2 Å². The van der Waals surface area contributed by atoms with E-state index in [4.69, 9.17) is 4.74 Å². The minimum absolute atomic E-state index is 0.233. The molecule has 1 heterocycles. The van der Waals surface area contributed by atoms with Gasteiger partial charge < -0.3 is 4.74 Å². The predicted molar refractivity (Wildman–Crippen MR) is 105 cm³/mol. The van der Waals surface area contributed by atoms with Gasteiger partial charge >= 0.3 is 0 Å². The molecule has 0 bridgehead atoms. The molecule has 0 aliphatic carbocycles. The average Bonchev–Trinajstić information content (AvgIpc) is 2.97. The lowest BCUT2D eigenvalue weighted by atomic mass is 10.2. The molecule has 0 saturated carbocycles. The Morgan fingerprint density at radius 3 is 2.26 bits per heavy atom. The van der Waals surface area contributed by atoms with Crippen LogP contribution < -0.4 is 4.74 Å². The van der Waals surface area contributed by atoms with Crippen LogP contribution in [0.1, 0.15) is 17.0 Å². The van der Waals surface area contributed by atoms with E-state index in [1.54, 1.807) is 38.4 Å². The van der Waals surface area contributed by atoms with Crippen LogP contribution in [0.2, 0.25) is 0 Å². The second-order valence-corrected chi connectivity index (χ2v) is 8.38. The van der Waals surface area contributed by atoms with Crippen LogP contribution in [0.25, 0.3) is 5.69 Å². The third-order valence-corrected chi connectivity index (χ3v) is 6.41. The van der Waals surface area contributed by atoms with E-state index >= 15 is 0 Å². The van der Waals surface area contributed by atoms with Crippen molar-refractivity contribution in [1.82, 2.24) is 14.1 Å². The molecule has 1 aromatic heterocycles. The van der Waals surface area contributed by atoms with Gasteiger partial charge in [-0.05, 0) is 50.2 Å². The van der Waals surface area contributed by atoms with Crippen LogP contribution >= 0.6 is 0 Å². The summed E-state index contributed by atoms with van der Waals surface area (Å²) in [5.41, 5.74) is 3.59. The first-order valence-electron chi connectivity index (χ1n) is 8.55. The lowest BCUT2D eigenvalue weighted by Gasteiger charge is -2.18. The molecule has 0 saturated heterocycles. The summed E-state index contributed by atoms with van der Waals surface area (Å²) in [4.78, 5) is 0.233. The van der Waals surface area contributed by atoms with Crippen LogP contribution in [0.4, 0.5) is 0 Å². The fraction of sp³-hybridized carbons (Fsp3) is 0.250. The Kier molecular flexibility index (Phi) is 5.34. The number of sulfonamides is 1. The first kappa shape index (κ1) is 19.1. The molecule has 27 heavy (non-hydrogen) atoms. The summed E-state index contributed by atoms with van der Waals surface area (Å²) in [7, 11) is -0.481. The number of methoxy groups -OCH3 is 1. The van der Waals surface area contributed by atoms with Crippen LogP contribution in [0.3, 0.4) is 0 Å². The van der Waals surface area contributed by atoms with E-state index in [0.717, 1.165) is 22.6 Å². The summed E-state index contributed by atoms with van der Waals surface area (Å²) >= 11 is 0. The minimum Gasteiger partial charge on any atom is -0.497 e. The number of nitrogens with zero attached hydrogens (tertiary/aromatic N) is 3. The topological polar surface area (TPSA) is 64.4 Å². The molecular weight excluding hydrogens is 362 g/mol. The number of para-hydroxylation sites is 1. The number of aromatic nitrogens is 2. The van der Waals surface area contributed by atoms with Crippen molar-refractivity contribution in [2.24, 2.45) is 0 Å². The summed E-state index contributed by atoms with van der Waals surface area (Å²) in [6.07, 6.45) is 0. The van der Waals surface area contributed by atoms with Gasteiger partial charge in [-0.1, -0.05) is 18.2 Å². The van der Waals surface area contributed by atoms with Gasteiger partial charge in [0.25, 0.3) is 0 Å². The van der Waals surface area contributed by atoms with Gasteiger partial charge in [-0.15, -0.1) is 0 Å². The maximum Gasteiger partial charge on any atom is 0.243 e. The van der Waals surface area contributed by atoms with Gasteiger partial charge in [0, 0.05) is 24.8 Å². The van der Waals surface area contributed by atoms with Gasteiger partial charge in [-0.2, -0.15) is 9.40 Å². The standard InChI is InChI=1S/C20H23N3O3S/c1-15-20(16(2)23(21-15)17-8-6-5-7-9-17)14-22(3)27(24,25)19-12-10-18(26-4)11-13-19/h5-13H,14H2,1-4H3. The maximum atomic E-state index is 12.9. The van der Waals surface area contributed by atoms with Gasteiger partial charge in [0.05, 0.1) is 23.4 Å². The zero-order valence-corrected chi connectivity index (χ0v) is 16.7. The molecule has 7 heteroatoms. The third-order valence-electron chi connectivity index (χ3n) is 4.59. The van der Waals surface area contributed by atoms with Gasteiger partial charge in [0.15, 0.2) is 0 Å². The maximum absolute atomic E-state index is 12.9. The fourth-order valence-corrected chi connectivity index (χ4v) is 4.10. The number of ether oxygens (including phenoxy) is 1. The summed E-state index contributed by atoms with van der Waals surface area (Å²) < 4.78 is 34.1. The summed E-state index contributed by atoms with van der Waals surface area (Å²) in [5.74, 6) is 0.618. The lowest BCUT2D eigenvalue weighted by Crippen LogP contribution is -2.27. The second-order valence-electron chi connectivity index (χ2n) is 6.33. The van der Waals surface area contributed by atoms with Crippen LogP contribution in [0.15, 0.2) is 59.5 Å². The Balaban J connectivity index is 1.89. The Hall–Kier alpha value is -2.64. The SMILES string of the molecule is COc1ccc(S(=O)(=O)N(C)Cc2c(C)nn(-c3ccccc3)c2C)cc1. The van der Waals surface area contributed by atoms with Crippen LogP contribution in [0, 0.1) is 13.8 Å². The quantitative estimate of drug-likeness (QED) is 0.653. The summed E-state index contributed by atoms with van der Waals surface area (Å²) in [5, 5.41) is 4.59. The van der Waals surface area contributed by atoms with E-state index in [-0.39, 0.29) is 11.4 Å². The highest BCUT2D eigenvalue weighted by Crippen LogP contribution is 2.23. The molecule has 3 aromatic rings. The van der Waals surface area contributed by atoms with Gasteiger partial charge in [0.2, 0.25) is 10.0 Å². The van der Waals surface area contributed by atoms with Crippen molar-refractivity contribution < 1.29 is 13.2 Å². The first-order chi connectivity index (χ1) is 12.8. The van der Waals surface area contributed by atoms with Crippen LogP contribution in [-0.2, 0) is 16.6 Å². The van der Waals surface area contributed by atoms with Crippen molar-refractivity contribution in [1.29, 1.82) is 0 Å². The molecule has 0 unspecified atom stereocenters. The molecule has 0 aliphatic rings. The lowest BCUT2D eigenvalue weighted by molar-refractivity contribution is 0.414. The smallest absolute Gasteiger partial charge is 0.243 e. The van der Waals surface area contributed by atoms with Gasteiger partial charge in [-0.25, -0.2) is 13.1 Å². The molecule has 0 N–H and O–H groups in total. The number of aryl methyl sites for hydroxylation is 1.